The minimum absolute atomic E-state index is 0.0949. The lowest BCUT2D eigenvalue weighted by atomic mass is 10.1. The maximum absolute atomic E-state index is 12.7. The summed E-state index contributed by atoms with van der Waals surface area (Å²) in [6, 6.07) is 0. The minimum atomic E-state index is -0.800. The van der Waals surface area contributed by atoms with E-state index in [0.717, 1.165) is 57.8 Å². The molecule has 0 N–H and O–H groups in total. The quantitative estimate of drug-likeness (QED) is 0.0264. The molecule has 0 fully saturated rings. The summed E-state index contributed by atoms with van der Waals surface area (Å²) in [5.41, 5.74) is 0. The van der Waals surface area contributed by atoms with Gasteiger partial charge in [-0.2, -0.15) is 0 Å². The fourth-order valence-corrected chi connectivity index (χ4v) is 6.90. The summed E-state index contributed by atoms with van der Waals surface area (Å²) < 4.78 is 16.7. The fraction of sp³-hybridized carbons (Fsp3) is 0.824. The predicted octanol–water partition coefficient (Wildman–Crippen LogP) is 15.8. The van der Waals surface area contributed by atoms with Crippen molar-refractivity contribution in [3.63, 3.8) is 0 Å². The van der Waals surface area contributed by atoms with Gasteiger partial charge in [0, 0.05) is 19.3 Å². The molecule has 0 aliphatic carbocycles. The van der Waals surface area contributed by atoms with Gasteiger partial charge in [-0.25, -0.2) is 0 Å². The molecule has 1 atom stereocenters. The van der Waals surface area contributed by atoms with Crippen molar-refractivity contribution >= 4 is 17.9 Å². The van der Waals surface area contributed by atoms with Gasteiger partial charge in [0.1, 0.15) is 13.2 Å². The number of ether oxygens (including phenoxy) is 3. The molecule has 332 valence electrons. The molecule has 6 nitrogen and oxygen atoms in total. The molecule has 0 aromatic heterocycles. The van der Waals surface area contributed by atoms with Crippen molar-refractivity contribution in [3.8, 4) is 0 Å². The van der Waals surface area contributed by atoms with Gasteiger partial charge in [0.05, 0.1) is 0 Å². The van der Waals surface area contributed by atoms with Crippen LogP contribution in [0.1, 0.15) is 252 Å². The van der Waals surface area contributed by atoms with Crippen LogP contribution in [0.3, 0.4) is 0 Å². The van der Waals surface area contributed by atoms with Gasteiger partial charge in [0.25, 0.3) is 0 Å². The molecule has 57 heavy (non-hydrogen) atoms. The molecule has 0 aromatic carbocycles. The molecule has 0 amide bonds. The summed E-state index contributed by atoms with van der Waals surface area (Å²) in [6.07, 6.45) is 52.8. The van der Waals surface area contributed by atoms with E-state index >= 15 is 0 Å². The maximum Gasteiger partial charge on any atom is 0.306 e. The van der Waals surface area contributed by atoms with Crippen LogP contribution in [0.2, 0.25) is 0 Å². The molecule has 0 saturated heterocycles. The molecule has 0 aliphatic rings. The van der Waals surface area contributed by atoms with Crippen molar-refractivity contribution in [2.45, 2.75) is 258 Å². The first-order chi connectivity index (χ1) is 28.0. The smallest absolute Gasteiger partial charge is 0.306 e. The third-order valence-electron chi connectivity index (χ3n) is 10.6. The van der Waals surface area contributed by atoms with Crippen molar-refractivity contribution in [2.75, 3.05) is 13.2 Å². The number of esters is 3. The van der Waals surface area contributed by atoms with Crippen molar-refractivity contribution in [1.29, 1.82) is 0 Å². The van der Waals surface area contributed by atoms with Gasteiger partial charge in [0.15, 0.2) is 6.10 Å². The van der Waals surface area contributed by atoms with E-state index in [9.17, 15) is 14.4 Å². The molecule has 0 spiro atoms. The summed E-state index contributed by atoms with van der Waals surface area (Å²) in [7, 11) is 0. The van der Waals surface area contributed by atoms with E-state index < -0.39 is 6.10 Å². The summed E-state index contributed by atoms with van der Waals surface area (Å²) >= 11 is 0. The average Bonchev–Trinajstić information content (AvgIpc) is 3.21. The summed E-state index contributed by atoms with van der Waals surface area (Å²) in [4.78, 5) is 37.7. The molecular formula is C51H92O6. The van der Waals surface area contributed by atoms with E-state index in [0.29, 0.717) is 19.3 Å². The lowest BCUT2D eigenvalue weighted by Crippen LogP contribution is -2.30. The van der Waals surface area contributed by atoms with E-state index in [1.165, 1.54) is 148 Å². The first-order valence-electron chi connectivity index (χ1n) is 24.5. The van der Waals surface area contributed by atoms with Gasteiger partial charge in [-0.05, 0) is 64.2 Å². The first-order valence-corrected chi connectivity index (χ1v) is 24.5. The monoisotopic (exact) mass is 801 g/mol. The number of unbranched alkanes of at least 4 members (excludes halogenated alkanes) is 27. The van der Waals surface area contributed by atoms with Crippen LogP contribution in [0.25, 0.3) is 0 Å². The lowest BCUT2D eigenvalue weighted by Gasteiger charge is -2.18. The van der Waals surface area contributed by atoms with Crippen molar-refractivity contribution < 1.29 is 28.6 Å². The first kappa shape index (κ1) is 54.6. The summed E-state index contributed by atoms with van der Waals surface area (Å²) in [5.74, 6) is -0.968. The van der Waals surface area contributed by atoms with Gasteiger partial charge < -0.3 is 14.2 Å². The molecular weight excluding hydrogens is 709 g/mol. The van der Waals surface area contributed by atoms with Crippen LogP contribution in [-0.2, 0) is 28.6 Å². The Balaban J connectivity index is 4.41. The van der Waals surface area contributed by atoms with Crippen molar-refractivity contribution in [3.05, 3.63) is 36.5 Å². The Bertz CT molecular complexity index is 969. The topological polar surface area (TPSA) is 78.9 Å². The zero-order valence-electron chi connectivity index (χ0n) is 37.9. The Morgan fingerprint density at radius 2 is 0.667 bits per heavy atom. The third kappa shape index (κ3) is 44.6. The van der Waals surface area contributed by atoms with Crippen LogP contribution in [0, 0.1) is 0 Å². The average molecular weight is 801 g/mol. The number of allylic oxidation sites excluding steroid dienone is 6. The van der Waals surface area contributed by atoms with Crippen LogP contribution >= 0.6 is 0 Å². The Kier molecular flexibility index (Phi) is 44.4. The number of carbonyl (C=O) groups is 3. The second kappa shape index (κ2) is 46.3. The van der Waals surface area contributed by atoms with Crippen LogP contribution in [0.5, 0.6) is 0 Å². The van der Waals surface area contributed by atoms with Gasteiger partial charge in [-0.15, -0.1) is 0 Å². The Labute approximate surface area is 353 Å². The van der Waals surface area contributed by atoms with Crippen molar-refractivity contribution in [1.82, 2.24) is 0 Å². The second-order valence-electron chi connectivity index (χ2n) is 16.4. The van der Waals surface area contributed by atoms with E-state index in [1.54, 1.807) is 0 Å². The van der Waals surface area contributed by atoms with E-state index in [1.807, 2.05) is 6.08 Å². The zero-order chi connectivity index (χ0) is 41.5. The molecule has 0 radical (unpaired) electrons. The van der Waals surface area contributed by atoms with Gasteiger partial charge in [0.2, 0.25) is 0 Å². The van der Waals surface area contributed by atoms with E-state index in [2.05, 4.69) is 51.2 Å². The van der Waals surface area contributed by atoms with Crippen LogP contribution < -0.4 is 0 Å². The highest BCUT2D eigenvalue weighted by Crippen LogP contribution is 2.14. The number of carbonyl (C=O) groups excluding carboxylic acids is 3. The van der Waals surface area contributed by atoms with E-state index in [4.69, 9.17) is 14.2 Å². The Morgan fingerprint density at radius 3 is 1.05 bits per heavy atom. The highest BCUT2D eigenvalue weighted by atomic mass is 16.6. The highest BCUT2D eigenvalue weighted by molar-refractivity contribution is 5.71. The molecule has 0 heterocycles. The minimum Gasteiger partial charge on any atom is -0.462 e. The summed E-state index contributed by atoms with van der Waals surface area (Å²) in [5, 5.41) is 0. The third-order valence-corrected chi connectivity index (χ3v) is 10.6. The van der Waals surface area contributed by atoms with Crippen LogP contribution in [0.4, 0.5) is 0 Å². The normalized spacial score (nSPS) is 12.3. The molecule has 0 rings (SSSR count). The van der Waals surface area contributed by atoms with Gasteiger partial charge >= 0.3 is 17.9 Å². The van der Waals surface area contributed by atoms with Gasteiger partial charge in [-0.1, -0.05) is 205 Å². The molecule has 1 unspecified atom stereocenters. The Morgan fingerprint density at radius 1 is 0.351 bits per heavy atom. The molecule has 0 aromatic rings. The largest absolute Gasteiger partial charge is 0.462 e. The van der Waals surface area contributed by atoms with Crippen LogP contribution in [0.15, 0.2) is 36.5 Å². The fourth-order valence-electron chi connectivity index (χ4n) is 6.90. The lowest BCUT2D eigenvalue weighted by molar-refractivity contribution is -0.166. The van der Waals surface area contributed by atoms with Crippen molar-refractivity contribution in [2.24, 2.45) is 0 Å². The van der Waals surface area contributed by atoms with Crippen LogP contribution in [-0.4, -0.2) is 37.2 Å². The number of hydrogen-bond donors (Lipinski definition) is 0. The maximum atomic E-state index is 12.7. The standard InChI is InChI=1S/C51H92O6/c1-4-7-10-13-16-19-22-24-25-26-28-29-32-35-38-41-44-50(53)56-47-48(46-55-49(52)43-40-37-34-31-21-18-15-12-9-6-3)57-51(54)45-42-39-36-33-30-27-23-20-17-14-11-8-5-2/h25-27,30,36,39,48H,4-24,28-29,31-35,37-38,40-47H2,1-3H3/b26-25-,30-27-,39-36-. The predicted molar refractivity (Wildman–Crippen MR) is 242 cm³/mol. The number of rotatable bonds is 44. The summed E-state index contributed by atoms with van der Waals surface area (Å²) in [6.45, 7) is 6.56. The number of hydrogen-bond acceptors (Lipinski definition) is 6. The molecule has 6 heteroatoms. The van der Waals surface area contributed by atoms with Gasteiger partial charge in [-0.3, -0.25) is 14.4 Å². The molecule has 0 aliphatic heterocycles. The molecule has 0 bridgehead atoms. The molecule has 0 saturated carbocycles. The Hall–Kier alpha value is -2.37. The van der Waals surface area contributed by atoms with E-state index in [-0.39, 0.29) is 37.5 Å². The highest BCUT2D eigenvalue weighted by Gasteiger charge is 2.19. The zero-order valence-corrected chi connectivity index (χ0v) is 37.9. The second-order valence-corrected chi connectivity index (χ2v) is 16.4. The SMILES string of the molecule is CCCCCCCC/C=C\C/C=C\CCC(=O)OC(COC(=O)CCCCCCC/C=C\CCCCCCCCC)COC(=O)CCCCCCCCCCCC.